The minimum absolute atomic E-state index is 0.509. The highest BCUT2D eigenvalue weighted by Crippen LogP contribution is 2.29. The van der Waals surface area contributed by atoms with E-state index in [0.717, 1.165) is 18.5 Å². The monoisotopic (exact) mass is 285 g/mol. The van der Waals surface area contributed by atoms with Crippen LogP contribution in [0.2, 0.25) is 0 Å². The molecule has 1 aromatic heterocycles. The van der Waals surface area contributed by atoms with Crippen molar-refractivity contribution in [3.8, 4) is 11.3 Å². The van der Waals surface area contributed by atoms with Gasteiger partial charge in [-0.15, -0.1) is 0 Å². The summed E-state index contributed by atoms with van der Waals surface area (Å²) in [6, 6.07) is 9.17. The number of hydrogen-bond acceptors (Lipinski definition) is 2. The van der Waals surface area contributed by atoms with Crippen molar-refractivity contribution >= 4 is 5.69 Å². The van der Waals surface area contributed by atoms with Gasteiger partial charge in [0.2, 0.25) is 0 Å². The van der Waals surface area contributed by atoms with E-state index in [4.69, 9.17) is 5.73 Å². The number of nitrogens with two attached hydrogens (primary N) is 1. The molecular formula is C18H27N3. The van der Waals surface area contributed by atoms with Crippen molar-refractivity contribution < 1.29 is 0 Å². The number of anilines is 1. The van der Waals surface area contributed by atoms with Gasteiger partial charge in [0.1, 0.15) is 0 Å². The van der Waals surface area contributed by atoms with Gasteiger partial charge in [-0.2, -0.15) is 0 Å². The number of hydrogen-bond donors (Lipinski definition) is 3. The number of aromatic amines is 1. The second-order valence-corrected chi connectivity index (χ2v) is 5.72. The van der Waals surface area contributed by atoms with Crippen LogP contribution in [0.15, 0.2) is 24.3 Å². The molecule has 3 heteroatoms. The van der Waals surface area contributed by atoms with E-state index in [1.165, 1.54) is 28.1 Å². The third-order valence-corrected chi connectivity index (χ3v) is 4.22. The molecule has 0 spiro atoms. The summed E-state index contributed by atoms with van der Waals surface area (Å²) in [5, 5.41) is 3.67. The Bertz CT molecular complexity index is 595. The van der Waals surface area contributed by atoms with Gasteiger partial charge in [0.25, 0.3) is 0 Å². The van der Waals surface area contributed by atoms with E-state index >= 15 is 0 Å². The number of nitrogens with one attached hydrogen (secondary N) is 2. The molecule has 0 unspecified atom stereocenters. The molecule has 0 atom stereocenters. The maximum atomic E-state index is 5.93. The lowest BCUT2D eigenvalue weighted by atomic mass is 10.00. The molecule has 1 aromatic carbocycles. The van der Waals surface area contributed by atoms with Gasteiger partial charge in [0.15, 0.2) is 0 Å². The van der Waals surface area contributed by atoms with Crippen molar-refractivity contribution in [1.29, 1.82) is 0 Å². The normalized spacial score (nSPS) is 11.1. The summed E-state index contributed by atoms with van der Waals surface area (Å²) in [7, 11) is 0. The first-order valence-electron chi connectivity index (χ1n) is 7.85. The molecule has 0 aliphatic rings. The largest absolute Gasteiger partial charge is 0.382 e. The van der Waals surface area contributed by atoms with Crippen LogP contribution in [-0.2, 0) is 6.54 Å². The van der Waals surface area contributed by atoms with Crippen LogP contribution in [0.25, 0.3) is 11.3 Å². The van der Waals surface area contributed by atoms with E-state index in [2.05, 4.69) is 62.3 Å². The van der Waals surface area contributed by atoms with Crippen LogP contribution in [0.4, 0.5) is 5.69 Å². The molecule has 0 aliphatic carbocycles. The maximum absolute atomic E-state index is 5.93. The van der Waals surface area contributed by atoms with Crippen LogP contribution in [0.5, 0.6) is 0 Å². The van der Waals surface area contributed by atoms with Crippen LogP contribution >= 0.6 is 0 Å². The van der Waals surface area contributed by atoms with Crippen molar-refractivity contribution in [3.63, 3.8) is 0 Å². The number of aromatic nitrogens is 1. The third kappa shape index (κ3) is 3.48. The zero-order valence-corrected chi connectivity index (χ0v) is 13.6. The number of rotatable bonds is 6. The molecule has 2 rings (SSSR count). The van der Waals surface area contributed by atoms with Gasteiger partial charge in [0, 0.05) is 35.2 Å². The lowest BCUT2D eigenvalue weighted by Crippen LogP contribution is -2.18. The van der Waals surface area contributed by atoms with Gasteiger partial charge >= 0.3 is 0 Å². The molecule has 0 saturated carbocycles. The average Bonchev–Trinajstić information content (AvgIpc) is 2.92. The topological polar surface area (TPSA) is 53.8 Å². The van der Waals surface area contributed by atoms with Gasteiger partial charge < -0.3 is 16.0 Å². The Labute approximate surface area is 128 Å². The molecule has 0 amide bonds. The fraction of sp³-hybridized carbons (Fsp3) is 0.444. The lowest BCUT2D eigenvalue weighted by molar-refractivity contribution is 0.671. The van der Waals surface area contributed by atoms with Crippen LogP contribution in [0.1, 0.15) is 43.5 Å². The predicted octanol–water partition coefficient (Wildman–Crippen LogP) is 4.36. The predicted molar refractivity (Wildman–Crippen MR) is 91.6 cm³/mol. The number of aryl methyl sites for hydroxylation is 1. The fourth-order valence-corrected chi connectivity index (χ4v) is 2.68. The van der Waals surface area contributed by atoms with Gasteiger partial charge in [-0.3, -0.25) is 0 Å². The van der Waals surface area contributed by atoms with Gasteiger partial charge in [-0.25, -0.2) is 0 Å². The molecule has 0 radical (unpaired) electrons. The van der Waals surface area contributed by atoms with Crippen LogP contribution in [-0.4, -0.2) is 11.0 Å². The summed E-state index contributed by atoms with van der Waals surface area (Å²) in [5.74, 6) is 0. The van der Waals surface area contributed by atoms with E-state index in [0.29, 0.717) is 12.6 Å². The molecule has 0 aliphatic heterocycles. The van der Waals surface area contributed by atoms with Crippen molar-refractivity contribution in [3.05, 3.63) is 41.1 Å². The SMILES string of the molecule is CCC(CC)Nc1cc(-c2ccc(C)[nH]2)cc(CN)c1C. The van der Waals surface area contributed by atoms with Gasteiger partial charge in [0.05, 0.1) is 0 Å². The van der Waals surface area contributed by atoms with Crippen molar-refractivity contribution in [2.45, 2.75) is 53.1 Å². The first kappa shape index (κ1) is 15.6. The van der Waals surface area contributed by atoms with Gasteiger partial charge in [-0.05, 0) is 62.1 Å². The van der Waals surface area contributed by atoms with Crippen molar-refractivity contribution in [2.75, 3.05) is 5.32 Å². The molecule has 0 fully saturated rings. The lowest BCUT2D eigenvalue weighted by Gasteiger charge is -2.20. The fourth-order valence-electron chi connectivity index (χ4n) is 2.68. The summed E-state index contributed by atoms with van der Waals surface area (Å²) >= 11 is 0. The van der Waals surface area contributed by atoms with Crippen LogP contribution < -0.4 is 11.1 Å². The highest BCUT2D eigenvalue weighted by Gasteiger charge is 2.11. The second-order valence-electron chi connectivity index (χ2n) is 5.72. The Morgan fingerprint density at radius 3 is 2.38 bits per heavy atom. The first-order chi connectivity index (χ1) is 10.1. The second kappa shape index (κ2) is 6.81. The Balaban J connectivity index is 2.43. The van der Waals surface area contributed by atoms with Crippen molar-refractivity contribution in [1.82, 2.24) is 4.98 Å². The highest BCUT2D eigenvalue weighted by atomic mass is 14.9. The number of H-pyrrole nitrogens is 1. The van der Waals surface area contributed by atoms with Crippen LogP contribution in [0.3, 0.4) is 0 Å². The zero-order chi connectivity index (χ0) is 15.4. The Morgan fingerprint density at radius 2 is 1.86 bits per heavy atom. The molecule has 2 aromatic rings. The van der Waals surface area contributed by atoms with E-state index < -0.39 is 0 Å². The summed E-state index contributed by atoms with van der Waals surface area (Å²) in [4.78, 5) is 3.40. The molecule has 3 nitrogen and oxygen atoms in total. The number of benzene rings is 1. The molecule has 4 N–H and O–H groups in total. The Morgan fingerprint density at radius 1 is 1.14 bits per heavy atom. The quantitative estimate of drug-likeness (QED) is 0.738. The minimum atomic E-state index is 0.509. The molecule has 0 saturated heterocycles. The van der Waals surface area contributed by atoms with E-state index in [1.54, 1.807) is 0 Å². The minimum Gasteiger partial charge on any atom is -0.382 e. The third-order valence-electron chi connectivity index (χ3n) is 4.22. The van der Waals surface area contributed by atoms with Crippen molar-refractivity contribution in [2.24, 2.45) is 5.73 Å². The molecule has 21 heavy (non-hydrogen) atoms. The average molecular weight is 285 g/mol. The van der Waals surface area contributed by atoms with E-state index in [1.807, 2.05) is 0 Å². The molecular weight excluding hydrogens is 258 g/mol. The standard InChI is InChI=1S/C18H27N3/c1-5-16(6-2)21-18-10-14(9-15(11-19)13(18)4)17-8-7-12(3)20-17/h7-10,16,20-21H,5-6,11,19H2,1-4H3. The van der Waals surface area contributed by atoms with Gasteiger partial charge in [-0.1, -0.05) is 13.8 Å². The van der Waals surface area contributed by atoms with E-state index in [9.17, 15) is 0 Å². The Kier molecular flexibility index (Phi) is 5.07. The molecule has 1 heterocycles. The zero-order valence-electron chi connectivity index (χ0n) is 13.6. The van der Waals surface area contributed by atoms with E-state index in [-0.39, 0.29) is 0 Å². The van der Waals surface area contributed by atoms with Crippen LogP contribution in [0, 0.1) is 13.8 Å². The highest BCUT2D eigenvalue weighted by molar-refractivity contribution is 5.70. The maximum Gasteiger partial charge on any atom is 0.0456 e. The molecule has 0 bridgehead atoms. The summed E-state index contributed by atoms with van der Waals surface area (Å²) in [5.41, 5.74) is 13.1. The summed E-state index contributed by atoms with van der Waals surface area (Å²) < 4.78 is 0. The first-order valence-corrected chi connectivity index (χ1v) is 7.85. The summed E-state index contributed by atoms with van der Waals surface area (Å²) in [6.07, 6.45) is 2.25. The smallest absolute Gasteiger partial charge is 0.0456 e. The molecule has 114 valence electrons. The summed E-state index contributed by atoms with van der Waals surface area (Å²) in [6.45, 7) is 9.23. The Hall–Kier alpha value is -1.74.